The van der Waals surface area contributed by atoms with Crippen LogP contribution in [0.5, 0.6) is 0 Å². The van der Waals surface area contributed by atoms with Crippen LogP contribution in [0.3, 0.4) is 0 Å². The first-order valence-electron chi connectivity index (χ1n) is 13.0. The molecular formula is C26H24F4N8O5S. The fourth-order valence-corrected chi connectivity index (χ4v) is 5.78. The lowest BCUT2D eigenvalue weighted by Gasteiger charge is -2.31. The molecule has 2 unspecified atom stereocenters. The summed E-state index contributed by atoms with van der Waals surface area (Å²) < 4.78 is 54.4. The van der Waals surface area contributed by atoms with Crippen molar-refractivity contribution >= 4 is 51.1 Å². The van der Waals surface area contributed by atoms with E-state index in [2.05, 4.69) is 20.4 Å². The van der Waals surface area contributed by atoms with Crippen LogP contribution in [-0.2, 0) is 11.0 Å². The molecule has 1 aliphatic heterocycles. The summed E-state index contributed by atoms with van der Waals surface area (Å²) in [7, 11) is 0. The highest BCUT2D eigenvalue weighted by molar-refractivity contribution is 7.19. The van der Waals surface area contributed by atoms with Gasteiger partial charge in [-0.15, -0.1) is 0 Å². The second-order valence-corrected chi connectivity index (χ2v) is 10.9. The number of aliphatic hydroxyl groups excluding tert-OH is 1. The summed E-state index contributed by atoms with van der Waals surface area (Å²) in [5.41, 5.74) is 3.76. The van der Waals surface area contributed by atoms with Gasteiger partial charge in [0.1, 0.15) is 12.0 Å². The monoisotopic (exact) mass is 636 g/mol. The van der Waals surface area contributed by atoms with Crippen molar-refractivity contribution in [1.82, 2.24) is 24.6 Å². The van der Waals surface area contributed by atoms with Crippen LogP contribution < -0.4 is 16.4 Å². The van der Waals surface area contributed by atoms with Crippen LogP contribution in [0.1, 0.15) is 41.3 Å². The number of alkyl halides is 3. The van der Waals surface area contributed by atoms with Gasteiger partial charge in [0, 0.05) is 18.8 Å². The average molecular weight is 637 g/mol. The summed E-state index contributed by atoms with van der Waals surface area (Å²) >= 11 is 0.863. The Morgan fingerprint density at radius 3 is 2.64 bits per heavy atom. The van der Waals surface area contributed by atoms with Crippen LogP contribution in [0.4, 0.5) is 33.2 Å². The topological polar surface area (TPSA) is 189 Å². The number of urea groups is 1. The molecule has 0 bridgehead atoms. The number of rotatable bonds is 9. The Morgan fingerprint density at radius 1 is 1.18 bits per heavy atom. The number of primary amides is 1. The molecule has 0 aliphatic carbocycles. The Bertz CT molecular complexity index is 1740. The van der Waals surface area contributed by atoms with E-state index < -0.39 is 47.3 Å². The lowest BCUT2D eigenvalue weighted by molar-refractivity contribution is -0.137. The van der Waals surface area contributed by atoms with Gasteiger partial charge in [-0.3, -0.25) is 15.0 Å². The van der Waals surface area contributed by atoms with Gasteiger partial charge >= 0.3 is 18.2 Å². The predicted molar refractivity (Wildman–Crippen MR) is 149 cm³/mol. The number of aliphatic hydroxyl groups is 1. The highest BCUT2D eigenvalue weighted by atomic mass is 32.1. The minimum absolute atomic E-state index is 0.0494. The van der Waals surface area contributed by atoms with Crippen LogP contribution >= 0.6 is 11.3 Å². The van der Waals surface area contributed by atoms with Crippen LogP contribution in [0, 0.1) is 5.82 Å². The van der Waals surface area contributed by atoms with E-state index in [1.54, 1.807) is 0 Å². The normalized spacial score (nSPS) is 16.2. The van der Waals surface area contributed by atoms with E-state index in [9.17, 15) is 42.2 Å². The first-order chi connectivity index (χ1) is 20.8. The number of hydrogen-bond acceptors (Lipinski definition) is 9. The van der Waals surface area contributed by atoms with Crippen molar-refractivity contribution in [3.05, 3.63) is 53.6 Å². The Hall–Kier alpha value is -4.68. The second-order valence-electron chi connectivity index (χ2n) is 9.86. The molecule has 1 aromatic carbocycles. The zero-order valence-electron chi connectivity index (χ0n) is 22.5. The van der Waals surface area contributed by atoms with Crippen molar-refractivity contribution in [2.45, 2.75) is 37.6 Å². The number of likely N-dealkylation sites (tertiary alicyclic amines) is 1. The van der Waals surface area contributed by atoms with Gasteiger partial charge in [-0.1, -0.05) is 11.3 Å². The van der Waals surface area contributed by atoms with E-state index in [4.69, 9.17) is 5.73 Å². The highest BCUT2D eigenvalue weighted by Crippen LogP contribution is 2.35. The predicted octanol–water partition coefficient (Wildman–Crippen LogP) is 3.89. The third-order valence-electron chi connectivity index (χ3n) is 7.00. The molecule has 0 saturated carbocycles. The van der Waals surface area contributed by atoms with Gasteiger partial charge in [-0.2, -0.15) is 18.3 Å². The fraction of sp³-hybridized carbons (Fsp3) is 0.308. The van der Waals surface area contributed by atoms with Gasteiger partial charge < -0.3 is 21.3 Å². The van der Waals surface area contributed by atoms with E-state index in [0.717, 1.165) is 17.8 Å². The average Bonchev–Trinajstić information content (AvgIpc) is 3.71. The van der Waals surface area contributed by atoms with Crippen molar-refractivity contribution in [3.8, 4) is 10.6 Å². The minimum Gasteiger partial charge on any atom is -0.478 e. The number of carboxylic acid groups (broad SMARTS) is 1. The van der Waals surface area contributed by atoms with Crippen molar-refractivity contribution in [3.63, 3.8) is 0 Å². The van der Waals surface area contributed by atoms with Crippen molar-refractivity contribution < 1.29 is 42.2 Å². The SMILES string of the molecule is NC(=O)CC(N1CCCC1CO)n1ncc2c(C(=O)O)cc(-c3cnc(NC(=O)Nc4cc(C(F)(F)F)ccc4F)s3)nc21. The number of halogens is 4. The molecule has 0 spiro atoms. The van der Waals surface area contributed by atoms with Crippen LogP contribution in [-0.4, -0.2) is 72.0 Å². The molecule has 5 rings (SSSR count). The van der Waals surface area contributed by atoms with Crippen molar-refractivity contribution in [2.75, 3.05) is 23.8 Å². The van der Waals surface area contributed by atoms with Gasteiger partial charge in [0.25, 0.3) is 0 Å². The minimum atomic E-state index is -4.75. The summed E-state index contributed by atoms with van der Waals surface area (Å²) in [6, 6.07) is 1.50. The zero-order chi connectivity index (χ0) is 31.8. The second kappa shape index (κ2) is 12.1. The first kappa shape index (κ1) is 30.8. The molecule has 2 atom stereocenters. The Balaban J connectivity index is 1.45. The number of aromatic nitrogens is 4. The van der Waals surface area contributed by atoms with Crippen molar-refractivity contribution in [1.29, 1.82) is 0 Å². The number of thiazole rings is 1. The molecule has 3 aromatic heterocycles. The molecule has 6 N–H and O–H groups in total. The fourth-order valence-electron chi connectivity index (χ4n) is 5.01. The summed E-state index contributed by atoms with van der Waals surface area (Å²) in [5.74, 6) is -3.01. The van der Waals surface area contributed by atoms with Gasteiger partial charge in [-0.05, 0) is 37.1 Å². The maximum Gasteiger partial charge on any atom is 0.416 e. The molecular weight excluding hydrogens is 612 g/mol. The molecule has 1 aliphatic rings. The smallest absolute Gasteiger partial charge is 0.416 e. The number of benzene rings is 1. The number of pyridine rings is 1. The number of hydrogen-bond donors (Lipinski definition) is 5. The summed E-state index contributed by atoms with van der Waals surface area (Å²) in [4.78, 5) is 47.4. The number of anilines is 2. The highest BCUT2D eigenvalue weighted by Gasteiger charge is 2.35. The maximum atomic E-state index is 14.1. The number of carbonyl (C=O) groups is 3. The number of nitrogens with one attached hydrogen (secondary N) is 2. The maximum absolute atomic E-state index is 14.1. The first-order valence-corrected chi connectivity index (χ1v) is 13.8. The quantitative estimate of drug-likeness (QED) is 0.170. The molecule has 232 valence electrons. The van der Waals surface area contributed by atoms with Crippen molar-refractivity contribution in [2.24, 2.45) is 5.73 Å². The third-order valence-corrected chi connectivity index (χ3v) is 7.94. The van der Waals surface area contributed by atoms with Gasteiger partial charge in [0.15, 0.2) is 10.8 Å². The largest absolute Gasteiger partial charge is 0.478 e. The molecule has 4 heterocycles. The summed E-state index contributed by atoms with van der Waals surface area (Å²) in [6.45, 7) is 0.366. The van der Waals surface area contributed by atoms with Crippen LogP contribution in [0.2, 0.25) is 0 Å². The van der Waals surface area contributed by atoms with E-state index in [-0.39, 0.29) is 46.5 Å². The number of fused-ring (bicyclic) bond motifs is 1. The van der Waals surface area contributed by atoms with E-state index in [0.29, 0.717) is 36.0 Å². The van der Waals surface area contributed by atoms with E-state index in [1.807, 2.05) is 10.2 Å². The standard InChI is InChI=1S/C26H24F4N8O5S/c27-16-4-3-12(26(28,29)30)6-17(16)35-24(43)36-25-32-10-19(44-25)18-7-14(23(41)42)15-9-33-38(22(15)34-18)21(8-20(31)40)37-5-1-2-13(37)11-39/h3-4,6-7,9-10,13,21,39H,1-2,5,8,11H2,(H2,31,40)(H,41,42)(H2,32,35,36,43). The number of carboxylic acids is 1. The van der Waals surface area contributed by atoms with Crippen LogP contribution in [0.25, 0.3) is 21.6 Å². The number of nitrogens with two attached hydrogens (primary N) is 1. The Morgan fingerprint density at radius 2 is 1.95 bits per heavy atom. The molecule has 4 aromatic rings. The molecule has 0 radical (unpaired) electrons. The number of carbonyl (C=O) groups excluding carboxylic acids is 2. The van der Waals surface area contributed by atoms with Gasteiger partial charge in [0.2, 0.25) is 5.91 Å². The summed E-state index contributed by atoms with van der Waals surface area (Å²) in [6.07, 6.45) is -1.67. The van der Waals surface area contributed by atoms with E-state index >= 15 is 0 Å². The molecule has 44 heavy (non-hydrogen) atoms. The van der Waals surface area contributed by atoms with E-state index in [1.165, 1.54) is 23.1 Å². The molecule has 1 fully saturated rings. The Labute approximate surface area is 249 Å². The Kier molecular flexibility index (Phi) is 8.49. The van der Waals surface area contributed by atoms with Gasteiger partial charge in [-0.25, -0.2) is 28.6 Å². The molecule has 1 saturated heterocycles. The summed E-state index contributed by atoms with van der Waals surface area (Å²) in [5, 5.41) is 28.6. The number of nitrogens with zero attached hydrogens (tertiary/aromatic N) is 5. The lowest BCUT2D eigenvalue weighted by Crippen LogP contribution is -2.41. The van der Waals surface area contributed by atoms with Gasteiger partial charge in [0.05, 0.1) is 52.0 Å². The third kappa shape index (κ3) is 6.31. The molecule has 13 nitrogen and oxygen atoms in total. The molecule has 18 heteroatoms. The zero-order valence-corrected chi connectivity index (χ0v) is 23.3. The number of amides is 3. The lowest BCUT2D eigenvalue weighted by atomic mass is 10.1. The molecule has 3 amide bonds. The van der Waals surface area contributed by atoms with Crippen LogP contribution in [0.15, 0.2) is 36.7 Å². The number of aromatic carboxylic acids is 1.